The summed E-state index contributed by atoms with van der Waals surface area (Å²) in [5.74, 6) is -5.08. The highest BCUT2D eigenvalue weighted by Gasteiger charge is 2.60. The summed E-state index contributed by atoms with van der Waals surface area (Å²) in [4.78, 5) is 56.7. The Morgan fingerprint density at radius 1 is 0.596 bits per heavy atom. The largest absolute Gasteiger partial charge is 0.394 e. The molecule has 5 saturated heterocycles. The number of hydrogen-bond donors (Lipinski definition) is 19. The Balaban J connectivity index is 1.23. The molecule has 0 aliphatic carbocycles. The number of amides is 3. The molecule has 5 fully saturated rings. The Labute approximate surface area is 574 Å². The van der Waals surface area contributed by atoms with Crippen LogP contribution in [0.5, 0.6) is 0 Å². The number of ether oxygens (including phenoxy) is 10. The summed E-state index contributed by atoms with van der Waals surface area (Å²) < 4.78 is 60.1. The Morgan fingerprint density at radius 2 is 1.11 bits per heavy atom. The molecule has 0 saturated carbocycles. The molecule has 14 unspecified atom stereocenters. The molecule has 0 aromatic carbocycles. The Kier molecular flexibility index (Phi) is 35.6. The zero-order chi connectivity index (χ0) is 72.5. The minimum atomic E-state index is -2.94. The standard InChI is InChI=1S/C65H108N4O30/c1-4-5-6-7-8-9-10-11-12-13-14-15-16-17-18-22-45(81)69-37(38(78)24-23-36-21-19-20-25-66-36)32-90-62-54(88)52(86)56(43(30-73)93-62)95-64-55(89)60(99-65(33-75)26-39(79)46(67-34(2)76)59(98-65)48(82)40(80)27-70)57(44(31-74)94-64)96-61-47(68-35(3)77)58(50(84)42(29-72)91-61)97-63-53(87)51(85)49(83)41(28-71)92-63/h19-21,23-25,33,37-44,46-64,70-74,78-80,82-89H,4-18,22,26-32H2,1-3H3,(H,67,76)(H,68,77)(H,69,81)/b24-23-/t37-,38+,39?,40+,41?,42?,43?,44?,46+,47?,48+,49-,50-,51?,52?,53?,54?,55?,56+,57-,58?,59?,60?,61-,62+,63-,64-,65-/m0/s1. The summed E-state index contributed by atoms with van der Waals surface area (Å²) in [6.45, 7) is -1.72. The minimum absolute atomic E-state index is 0.0711. The lowest BCUT2D eigenvalue weighted by Crippen LogP contribution is -2.71. The van der Waals surface area contributed by atoms with Crippen LogP contribution in [-0.2, 0) is 66.5 Å². The van der Waals surface area contributed by atoms with Gasteiger partial charge < -0.3 is 145 Å². The maximum atomic E-state index is 13.6. The molecule has 1 aromatic rings. The molecule has 3 amide bonds. The molecule has 5 aliphatic rings. The summed E-state index contributed by atoms with van der Waals surface area (Å²) >= 11 is 0. The van der Waals surface area contributed by atoms with Gasteiger partial charge in [-0.3, -0.25) is 24.2 Å². The first-order valence-corrected chi connectivity index (χ1v) is 34.4. The van der Waals surface area contributed by atoms with Gasteiger partial charge in [0.1, 0.15) is 116 Å². The lowest BCUT2D eigenvalue weighted by atomic mass is 9.88. The highest BCUT2D eigenvalue weighted by Crippen LogP contribution is 2.40. The number of aldehydes is 1. The van der Waals surface area contributed by atoms with Gasteiger partial charge in [0.15, 0.2) is 31.4 Å². The Morgan fingerprint density at radius 3 is 1.68 bits per heavy atom. The Hall–Kier alpha value is -4.07. The smallest absolute Gasteiger partial charge is 0.229 e. The van der Waals surface area contributed by atoms with E-state index in [0.29, 0.717) is 12.1 Å². The molecule has 1 aromatic heterocycles. The number of carbonyl (C=O) groups excluding carboxylic acids is 4. The Bertz CT molecular complexity index is 2540. The second kappa shape index (κ2) is 42.0. The first-order chi connectivity index (χ1) is 47.4. The summed E-state index contributed by atoms with van der Waals surface area (Å²) in [6.07, 6.45) is -27.7. The quantitative estimate of drug-likeness (QED) is 0.0215. The topological polar surface area (TPSA) is 533 Å². The van der Waals surface area contributed by atoms with Crippen molar-refractivity contribution in [1.82, 2.24) is 20.9 Å². The number of pyridine rings is 1. The van der Waals surface area contributed by atoms with E-state index in [1.54, 1.807) is 18.2 Å². The number of carbonyl (C=O) groups is 4. The second-order valence-corrected chi connectivity index (χ2v) is 26.0. The van der Waals surface area contributed by atoms with Gasteiger partial charge in [0.2, 0.25) is 23.5 Å². The third kappa shape index (κ3) is 23.7. The molecule has 28 atom stereocenters. The third-order valence-electron chi connectivity index (χ3n) is 18.3. The molecular formula is C65H108N4O30. The van der Waals surface area contributed by atoms with Gasteiger partial charge in [-0.2, -0.15) is 0 Å². The SMILES string of the molecule is CCCCCCCCCCCCCCCCCC(=O)N[C@@H](CO[C@@H]1OC(CO)[C@@H](O[C@@H]2OC(CO)[C@H](O[C@@H]3OC(CO)[C@H](O)C(O[C@@H]4OC(CO)[C@H](O)C(O)C4O)C3NC(C)=O)C(O[C@]3(C=O)CC(O)[C@@H](NC(C)=O)C([C@H](O)[C@H](O)CO)O3)C2O)C(O)C1O)[C@H](O)/C=C\c1ccccn1. The fourth-order valence-corrected chi connectivity index (χ4v) is 12.8. The molecular weight excluding hydrogens is 1320 g/mol. The van der Waals surface area contributed by atoms with Crippen LogP contribution in [0.4, 0.5) is 0 Å². The van der Waals surface area contributed by atoms with Crippen LogP contribution >= 0.6 is 0 Å². The van der Waals surface area contributed by atoms with Crippen molar-refractivity contribution in [3.63, 3.8) is 0 Å². The van der Waals surface area contributed by atoms with Gasteiger partial charge in [0.25, 0.3) is 0 Å². The van der Waals surface area contributed by atoms with Crippen molar-refractivity contribution in [3.05, 3.63) is 36.2 Å². The van der Waals surface area contributed by atoms with Gasteiger partial charge in [-0.1, -0.05) is 109 Å². The van der Waals surface area contributed by atoms with Crippen LogP contribution in [0.25, 0.3) is 6.08 Å². The first kappa shape index (κ1) is 83.9. The number of aliphatic hydroxyl groups excluding tert-OH is 16. The summed E-state index contributed by atoms with van der Waals surface area (Å²) in [7, 11) is 0. The molecule has 5 aliphatic heterocycles. The van der Waals surface area contributed by atoms with Crippen molar-refractivity contribution < 1.29 is 148 Å². The lowest BCUT2D eigenvalue weighted by Gasteiger charge is -2.52. The predicted molar refractivity (Wildman–Crippen MR) is 340 cm³/mol. The lowest BCUT2D eigenvalue weighted by molar-refractivity contribution is -0.400. The van der Waals surface area contributed by atoms with Crippen LogP contribution in [0.1, 0.15) is 136 Å². The third-order valence-corrected chi connectivity index (χ3v) is 18.3. The van der Waals surface area contributed by atoms with Gasteiger partial charge in [-0.25, -0.2) is 0 Å². The monoisotopic (exact) mass is 1420 g/mol. The number of nitrogens with zero attached hydrogens (tertiary/aromatic N) is 1. The number of aromatic nitrogens is 1. The van der Waals surface area contributed by atoms with Crippen LogP contribution in [0.2, 0.25) is 0 Å². The molecule has 568 valence electrons. The molecule has 99 heavy (non-hydrogen) atoms. The van der Waals surface area contributed by atoms with E-state index in [4.69, 9.17) is 47.4 Å². The van der Waals surface area contributed by atoms with Crippen molar-refractivity contribution >= 4 is 30.1 Å². The van der Waals surface area contributed by atoms with Crippen LogP contribution in [0, 0.1) is 0 Å². The van der Waals surface area contributed by atoms with E-state index in [-0.39, 0.29) is 12.7 Å². The maximum Gasteiger partial charge on any atom is 0.229 e. The van der Waals surface area contributed by atoms with E-state index in [2.05, 4.69) is 27.9 Å². The first-order valence-electron chi connectivity index (χ1n) is 34.4. The van der Waals surface area contributed by atoms with Gasteiger partial charge >= 0.3 is 0 Å². The number of rotatable bonds is 41. The normalized spacial score (nSPS) is 36.4. The average molecular weight is 1430 g/mol. The van der Waals surface area contributed by atoms with E-state index in [1.807, 2.05) is 0 Å². The number of aliphatic hydroxyl groups is 16. The van der Waals surface area contributed by atoms with Gasteiger partial charge in [0.05, 0.1) is 69.6 Å². The number of hydrogen-bond acceptors (Lipinski definition) is 31. The van der Waals surface area contributed by atoms with Crippen molar-refractivity contribution in [2.24, 2.45) is 0 Å². The van der Waals surface area contributed by atoms with E-state index in [0.717, 1.165) is 46.0 Å². The molecule has 6 rings (SSSR count). The van der Waals surface area contributed by atoms with Gasteiger partial charge in [0, 0.05) is 32.9 Å². The van der Waals surface area contributed by atoms with Crippen molar-refractivity contribution in [2.75, 3.05) is 39.6 Å². The number of nitrogens with one attached hydrogen (secondary N) is 3. The van der Waals surface area contributed by atoms with E-state index in [9.17, 15) is 101 Å². The van der Waals surface area contributed by atoms with E-state index in [1.165, 1.54) is 76.1 Å². The summed E-state index contributed by atoms with van der Waals surface area (Å²) in [6, 6.07) is 0.374. The number of unbranched alkanes of at least 4 members (excludes halogenated alkanes) is 14. The van der Waals surface area contributed by atoms with Crippen LogP contribution in [0.15, 0.2) is 30.5 Å². The summed E-state index contributed by atoms with van der Waals surface area (Å²) in [5.41, 5.74) is 0.469. The zero-order valence-electron chi connectivity index (χ0n) is 56.2. The van der Waals surface area contributed by atoms with Crippen LogP contribution in [-0.4, -0.2) is 321 Å². The zero-order valence-corrected chi connectivity index (χ0v) is 56.2. The van der Waals surface area contributed by atoms with Crippen LogP contribution in [0.3, 0.4) is 0 Å². The van der Waals surface area contributed by atoms with E-state index < -0.39 is 235 Å². The molecule has 19 N–H and O–H groups in total. The fraction of sp³-hybridized carbons (Fsp3) is 0.831. The van der Waals surface area contributed by atoms with Gasteiger partial charge in [-0.15, -0.1) is 0 Å². The average Bonchev–Trinajstić information content (AvgIpc) is 0.757. The molecule has 0 bridgehead atoms. The highest BCUT2D eigenvalue weighted by atomic mass is 16.8. The van der Waals surface area contributed by atoms with Crippen molar-refractivity contribution in [3.8, 4) is 0 Å². The maximum absolute atomic E-state index is 13.6. The molecule has 34 nitrogen and oxygen atoms in total. The molecule has 6 heterocycles. The molecule has 34 heteroatoms. The molecule has 0 spiro atoms. The summed E-state index contributed by atoms with van der Waals surface area (Å²) in [5, 5.41) is 185. The highest BCUT2D eigenvalue weighted by molar-refractivity contribution is 5.76. The van der Waals surface area contributed by atoms with Crippen LogP contribution < -0.4 is 16.0 Å². The second-order valence-electron chi connectivity index (χ2n) is 26.0. The van der Waals surface area contributed by atoms with Crippen molar-refractivity contribution in [2.45, 2.75) is 301 Å². The fourth-order valence-electron chi connectivity index (χ4n) is 12.8. The molecule has 0 radical (unpaired) electrons. The minimum Gasteiger partial charge on any atom is -0.394 e. The van der Waals surface area contributed by atoms with Crippen molar-refractivity contribution in [1.29, 1.82) is 0 Å². The predicted octanol–water partition coefficient (Wildman–Crippen LogP) is -5.08. The van der Waals surface area contributed by atoms with Gasteiger partial charge in [-0.05, 0) is 24.6 Å². The van der Waals surface area contributed by atoms with E-state index >= 15 is 0 Å².